The highest BCUT2D eigenvalue weighted by molar-refractivity contribution is 7.99. The normalized spacial score (nSPS) is 32.8. The molecule has 1 aromatic heterocycles. The first-order valence-corrected chi connectivity index (χ1v) is 9.24. The molecule has 2 fully saturated rings. The van der Waals surface area contributed by atoms with Gasteiger partial charge in [-0.05, 0) is 55.9 Å². The molecule has 4 heteroatoms. The predicted molar refractivity (Wildman–Crippen MR) is 84.3 cm³/mol. The zero-order valence-electron chi connectivity index (χ0n) is 11.8. The molecule has 0 aliphatic carbocycles. The van der Waals surface area contributed by atoms with Gasteiger partial charge in [0.2, 0.25) is 0 Å². The largest absolute Gasteiger partial charge is 0.374 e. The lowest BCUT2D eigenvalue weighted by molar-refractivity contribution is -0.0711. The van der Waals surface area contributed by atoms with Crippen LogP contribution in [0.5, 0.6) is 0 Å². The first-order chi connectivity index (χ1) is 9.19. The van der Waals surface area contributed by atoms with Gasteiger partial charge in [0.05, 0.1) is 5.60 Å². The van der Waals surface area contributed by atoms with E-state index in [-0.39, 0.29) is 5.60 Å². The summed E-state index contributed by atoms with van der Waals surface area (Å²) in [4.78, 5) is 1.49. The number of hydrogen-bond acceptors (Lipinski definition) is 4. The van der Waals surface area contributed by atoms with Crippen LogP contribution < -0.4 is 5.32 Å². The van der Waals surface area contributed by atoms with Crippen LogP contribution in [-0.4, -0.2) is 29.8 Å². The zero-order chi connectivity index (χ0) is 13.3. The van der Waals surface area contributed by atoms with Gasteiger partial charge in [-0.2, -0.15) is 11.8 Å². The summed E-state index contributed by atoms with van der Waals surface area (Å²) in [7, 11) is 0. The number of ether oxygens (including phenoxy) is 1. The predicted octanol–water partition coefficient (Wildman–Crippen LogP) is 3.76. The molecule has 2 aliphatic heterocycles. The Morgan fingerprint density at radius 2 is 2.42 bits per heavy atom. The maximum atomic E-state index is 6.09. The quantitative estimate of drug-likeness (QED) is 0.918. The van der Waals surface area contributed by atoms with Gasteiger partial charge >= 0.3 is 0 Å². The van der Waals surface area contributed by atoms with Gasteiger partial charge in [0, 0.05) is 29.3 Å². The molecule has 106 valence electrons. The van der Waals surface area contributed by atoms with Crippen molar-refractivity contribution in [1.82, 2.24) is 5.32 Å². The summed E-state index contributed by atoms with van der Waals surface area (Å²) >= 11 is 3.92. The molecule has 0 bridgehead atoms. The summed E-state index contributed by atoms with van der Waals surface area (Å²) in [5.41, 5.74) is 1.60. The highest BCUT2D eigenvalue weighted by atomic mass is 32.2. The van der Waals surface area contributed by atoms with Crippen LogP contribution >= 0.6 is 23.1 Å². The fourth-order valence-electron chi connectivity index (χ4n) is 3.29. The topological polar surface area (TPSA) is 21.3 Å². The second-order valence-corrected chi connectivity index (χ2v) is 7.93. The molecule has 3 unspecified atom stereocenters. The maximum Gasteiger partial charge on any atom is 0.0795 e. The Hall–Kier alpha value is -0.0300. The van der Waals surface area contributed by atoms with Gasteiger partial charge in [-0.25, -0.2) is 0 Å². The van der Waals surface area contributed by atoms with Crippen LogP contribution in [0, 0.1) is 6.92 Å². The number of hydrogen-bond donors (Lipinski definition) is 1. The van der Waals surface area contributed by atoms with Gasteiger partial charge in [0.1, 0.15) is 0 Å². The summed E-state index contributed by atoms with van der Waals surface area (Å²) in [5, 5.41) is 6.03. The van der Waals surface area contributed by atoms with E-state index in [0.29, 0.717) is 12.1 Å². The first-order valence-electron chi connectivity index (χ1n) is 7.20. The van der Waals surface area contributed by atoms with Crippen molar-refractivity contribution in [3.05, 3.63) is 21.9 Å². The summed E-state index contributed by atoms with van der Waals surface area (Å²) in [6, 6.07) is 3.30. The molecule has 3 atom stereocenters. The average Bonchev–Trinajstić information content (AvgIpc) is 2.99. The lowest BCUT2D eigenvalue weighted by Gasteiger charge is -2.39. The fraction of sp³-hybridized carbons (Fsp3) is 0.733. The molecule has 0 aromatic carbocycles. The third kappa shape index (κ3) is 3.02. The molecule has 0 radical (unpaired) electrons. The molecule has 2 nitrogen and oxygen atoms in total. The molecular formula is C15H23NOS2. The van der Waals surface area contributed by atoms with Gasteiger partial charge in [-0.15, -0.1) is 11.3 Å². The third-order valence-electron chi connectivity index (χ3n) is 4.34. The maximum absolute atomic E-state index is 6.09. The highest BCUT2D eigenvalue weighted by Gasteiger charge is 2.40. The fourth-order valence-corrected chi connectivity index (χ4v) is 5.61. The van der Waals surface area contributed by atoms with E-state index in [1.165, 1.54) is 34.8 Å². The smallest absolute Gasteiger partial charge is 0.0795 e. The Balaban J connectivity index is 1.62. The number of thiophene rings is 1. The molecule has 1 spiro atoms. The van der Waals surface area contributed by atoms with E-state index in [1.807, 2.05) is 23.1 Å². The van der Waals surface area contributed by atoms with Crippen molar-refractivity contribution >= 4 is 23.1 Å². The second-order valence-electron chi connectivity index (χ2n) is 5.88. The second kappa shape index (κ2) is 5.76. The minimum absolute atomic E-state index is 0.185. The minimum atomic E-state index is 0.185. The van der Waals surface area contributed by atoms with Gasteiger partial charge in [-0.3, -0.25) is 0 Å². The van der Waals surface area contributed by atoms with Crippen LogP contribution in [0.4, 0.5) is 0 Å². The van der Waals surface area contributed by atoms with Crippen molar-refractivity contribution in [2.24, 2.45) is 0 Å². The third-order valence-corrected chi connectivity index (χ3v) is 6.77. The summed E-state index contributed by atoms with van der Waals surface area (Å²) in [6.45, 7) is 5.43. The van der Waals surface area contributed by atoms with Crippen molar-refractivity contribution in [2.45, 2.75) is 50.8 Å². The molecule has 3 heterocycles. The first kappa shape index (κ1) is 13.9. The summed E-state index contributed by atoms with van der Waals surface area (Å²) < 4.78 is 6.09. The van der Waals surface area contributed by atoms with Crippen LogP contribution in [-0.2, 0) is 4.74 Å². The molecule has 19 heavy (non-hydrogen) atoms. The Kier molecular flexibility index (Phi) is 4.22. The minimum Gasteiger partial charge on any atom is -0.374 e. The van der Waals surface area contributed by atoms with Crippen molar-refractivity contribution in [1.29, 1.82) is 0 Å². The Morgan fingerprint density at radius 1 is 1.53 bits per heavy atom. The van der Waals surface area contributed by atoms with Crippen molar-refractivity contribution in [3.63, 3.8) is 0 Å². The zero-order valence-corrected chi connectivity index (χ0v) is 13.4. The molecule has 2 saturated heterocycles. The standard InChI is InChI=1S/C15H23NOS2/c1-11-4-7-19-14(11)12(2)16-13-3-6-17-15(9-13)5-8-18-10-15/h4,7,12-13,16H,3,5-6,8-10H2,1-2H3. The number of thioether (sulfide) groups is 1. The summed E-state index contributed by atoms with van der Waals surface area (Å²) in [6.07, 6.45) is 3.58. The van der Waals surface area contributed by atoms with E-state index < -0.39 is 0 Å². The van der Waals surface area contributed by atoms with Gasteiger partial charge in [0.25, 0.3) is 0 Å². The molecule has 1 N–H and O–H groups in total. The monoisotopic (exact) mass is 297 g/mol. The van der Waals surface area contributed by atoms with E-state index in [0.717, 1.165) is 13.0 Å². The molecule has 2 aliphatic rings. The SMILES string of the molecule is Cc1ccsc1C(C)NC1CCOC2(CCSC2)C1. The molecule has 0 saturated carbocycles. The van der Waals surface area contributed by atoms with Crippen molar-refractivity contribution in [3.8, 4) is 0 Å². The van der Waals surface area contributed by atoms with Crippen LogP contribution in [0.25, 0.3) is 0 Å². The van der Waals surface area contributed by atoms with Crippen molar-refractivity contribution < 1.29 is 4.74 Å². The van der Waals surface area contributed by atoms with Crippen molar-refractivity contribution in [2.75, 3.05) is 18.1 Å². The number of nitrogens with one attached hydrogen (secondary N) is 1. The van der Waals surface area contributed by atoms with E-state index in [9.17, 15) is 0 Å². The van der Waals surface area contributed by atoms with E-state index in [1.54, 1.807) is 0 Å². The van der Waals surface area contributed by atoms with Crippen LogP contribution in [0.15, 0.2) is 11.4 Å². The molecular weight excluding hydrogens is 274 g/mol. The Bertz CT molecular complexity index is 426. The van der Waals surface area contributed by atoms with Gasteiger partial charge in [0.15, 0.2) is 0 Å². The van der Waals surface area contributed by atoms with E-state index in [4.69, 9.17) is 4.74 Å². The van der Waals surface area contributed by atoms with Crippen LogP contribution in [0.2, 0.25) is 0 Å². The Morgan fingerprint density at radius 3 is 3.11 bits per heavy atom. The van der Waals surface area contributed by atoms with Crippen LogP contribution in [0.1, 0.15) is 42.7 Å². The summed E-state index contributed by atoms with van der Waals surface area (Å²) in [5.74, 6) is 2.46. The highest BCUT2D eigenvalue weighted by Crippen LogP contribution is 2.39. The Labute approximate surface area is 124 Å². The van der Waals surface area contributed by atoms with Gasteiger partial charge in [-0.1, -0.05) is 0 Å². The lowest BCUT2D eigenvalue weighted by Crippen LogP contribution is -2.47. The van der Waals surface area contributed by atoms with Gasteiger partial charge < -0.3 is 10.1 Å². The molecule has 0 amide bonds. The lowest BCUT2D eigenvalue weighted by atomic mass is 9.89. The van der Waals surface area contributed by atoms with Crippen LogP contribution in [0.3, 0.4) is 0 Å². The number of rotatable bonds is 3. The van der Waals surface area contributed by atoms with E-state index >= 15 is 0 Å². The number of aryl methyl sites for hydroxylation is 1. The van der Waals surface area contributed by atoms with E-state index in [2.05, 4.69) is 30.6 Å². The average molecular weight is 297 g/mol. The molecule has 3 rings (SSSR count). The molecule has 1 aromatic rings.